The minimum Gasteiger partial charge on any atom is -0.490 e. The third-order valence-corrected chi connectivity index (χ3v) is 2.48. The molecule has 0 amide bonds. The van der Waals surface area contributed by atoms with Gasteiger partial charge >= 0.3 is 5.69 Å². The first-order chi connectivity index (χ1) is 8.31. The van der Waals surface area contributed by atoms with Crippen molar-refractivity contribution in [3.05, 3.63) is 28.7 Å². The van der Waals surface area contributed by atoms with Gasteiger partial charge in [-0.25, -0.2) is 4.79 Å². The van der Waals surface area contributed by atoms with E-state index >= 15 is 0 Å². The largest absolute Gasteiger partial charge is 0.490 e. The Balaban J connectivity index is 2.00. The molecule has 0 atom stereocenters. The normalized spacial score (nSPS) is 10.9. The quantitative estimate of drug-likeness (QED) is 0.660. The van der Waals surface area contributed by atoms with Crippen LogP contribution < -0.4 is 15.7 Å². The maximum absolute atomic E-state index is 11.2. The molecule has 2 aromatic rings. The zero-order valence-corrected chi connectivity index (χ0v) is 9.88. The second-order valence-electron chi connectivity index (χ2n) is 3.86. The number of imidazole rings is 1. The second-order valence-corrected chi connectivity index (χ2v) is 3.86. The van der Waals surface area contributed by atoms with Crippen molar-refractivity contribution < 1.29 is 4.74 Å². The van der Waals surface area contributed by atoms with Gasteiger partial charge in [-0.1, -0.05) is 13.0 Å². The molecule has 0 aliphatic rings. The van der Waals surface area contributed by atoms with Crippen LogP contribution in [-0.4, -0.2) is 29.7 Å². The van der Waals surface area contributed by atoms with Crippen LogP contribution in [0.15, 0.2) is 23.0 Å². The van der Waals surface area contributed by atoms with Crippen LogP contribution in [0.25, 0.3) is 11.0 Å². The molecule has 3 N–H and O–H groups in total. The van der Waals surface area contributed by atoms with Gasteiger partial charge in [0.25, 0.3) is 0 Å². The van der Waals surface area contributed by atoms with Crippen molar-refractivity contribution in [3.63, 3.8) is 0 Å². The summed E-state index contributed by atoms with van der Waals surface area (Å²) in [5.41, 5.74) is 1.29. The smallest absolute Gasteiger partial charge is 0.323 e. The van der Waals surface area contributed by atoms with Gasteiger partial charge in [0.2, 0.25) is 0 Å². The summed E-state index contributed by atoms with van der Waals surface area (Å²) in [5, 5.41) is 3.25. The van der Waals surface area contributed by atoms with Crippen molar-refractivity contribution in [2.45, 2.75) is 13.3 Å². The fourth-order valence-electron chi connectivity index (χ4n) is 1.69. The average Bonchev–Trinajstić information content (AvgIpc) is 2.70. The first-order valence-electron chi connectivity index (χ1n) is 5.86. The van der Waals surface area contributed by atoms with E-state index in [9.17, 15) is 4.79 Å². The number of fused-ring (bicyclic) bond motifs is 1. The van der Waals surface area contributed by atoms with Crippen LogP contribution in [0.5, 0.6) is 5.75 Å². The molecule has 0 radical (unpaired) electrons. The van der Waals surface area contributed by atoms with Crippen LogP contribution in [0, 0.1) is 0 Å². The van der Waals surface area contributed by atoms with E-state index in [-0.39, 0.29) is 5.69 Å². The summed E-state index contributed by atoms with van der Waals surface area (Å²) in [6, 6.07) is 5.56. The van der Waals surface area contributed by atoms with Gasteiger partial charge < -0.3 is 20.0 Å². The Kier molecular flexibility index (Phi) is 3.82. The zero-order chi connectivity index (χ0) is 12.1. The SMILES string of the molecule is CCCNCCOc1cccc2[nH]c(=O)[nH]c12. The molecule has 0 saturated heterocycles. The van der Waals surface area contributed by atoms with Crippen molar-refractivity contribution in [2.24, 2.45) is 0 Å². The molecule has 1 aromatic heterocycles. The summed E-state index contributed by atoms with van der Waals surface area (Å²) >= 11 is 0. The molecule has 0 saturated carbocycles. The van der Waals surface area contributed by atoms with Crippen molar-refractivity contribution in [1.29, 1.82) is 0 Å². The highest BCUT2D eigenvalue weighted by Gasteiger charge is 2.04. The van der Waals surface area contributed by atoms with E-state index in [1.54, 1.807) is 0 Å². The lowest BCUT2D eigenvalue weighted by Crippen LogP contribution is -2.21. The predicted molar refractivity (Wildman–Crippen MR) is 67.6 cm³/mol. The highest BCUT2D eigenvalue weighted by atomic mass is 16.5. The molecule has 1 aromatic carbocycles. The molecule has 17 heavy (non-hydrogen) atoms. The summed E-state index contributed by atoms with van der Waals surface area (Å²) in [6.07, 6.45) is 1.11. The van der Waals surface area contributed by atoms with Crippen LogP contribution in [0.4, 0.5) is 0 Å². The number of aromatic nitrogens is 2. The third kappa shape index (κ3) is 2.88. The molecule has 5 nitrogen and oxygen atoms in total. The highest BCUT2D eigenvalue weighted by Crippen LogP contribution is 2.20. The standard InChI is InChI=1S/C12H17N3O2/c1-2-6-13-7-8-17-10-5-3-4-9-11(10)15-12(16)14-9/h3-5,13H,2,6-8H2,1H3,(H2,14,15,16). The Morgan fingerprint density at radius 3 is 3.00 bits per heavy atom. The molecular weight excluding hydrogens is 218 g/mol. The minimum absolute atomic E-state index is 0.208. The van der Waals surface area contributed by atoms with E-state index in [1.165, 1.54) is 0 Å². The molecule has 0 fully saturated rings. The number of nitrogens with one attached hydrogen (secondary N) is 3. The predicted octanol–water partition coefficient (Wildman–Crippen LogP) is 1.23. The van der Waals surface area contributed by atoms with E-state index in [1.807, 2.05) is 18.2 Å². The summed E-state index contributed by atoms with van der Waals surface area (Å²) in [5.74, 6) is 0.708. The Hall–Kier alpha value is -1.75. The van der Waals surface area contributed by atoms with Gasteiger partial charge in [0.1, 0.15) is 17.9 Å². The number of rotatable bonds is 6. The van der Waals surface area contributed by atoms with E-state index in [2.05, 4.69) is 22.2 Å². The van der Waals surface area contributed by atoms with E-state index in [0.29, 0.717) is 12.4 Å². The van der Waals surface area contributed by atoms with Crippen LogP contribution in [0.2, 0.25) is 0 Å². The van der Waals surface area contributed by atoms with Crippen LogP contribution in [0.3, 0.4) is 0 Å². The molecule has 92 valence electrons. The van der Waals surface area contributed by atoms with Crippen LogP contribution in [0.1, 0.15) is 13.3 Å². The van der Waals surface area contributed by atoms with E-state index in [0.717, 1.165) is 30.5 Å². The van der Waals surface area contributed by atoms with Gasteiger partial charge in [-0.15, -0.1) is 0 Å². The number of aromatic amines is 2. The van der Waals surface area contributed by atoms with Crippen molar-refractivity contribution in [3.8, 4) is 5.75 Å². The second kappa shape index (κ2) is 5.54. The Morgan fingerprint density at radius 2 is 2.18 bits per heavy atom. The average molecular weight is 235 g/mol. The number of benzene rings is 1. The lowest BCUT2D eigenvalue weighted by molar-refractivity contribution is 0.317. The maximum Gasteiger partial charge on any atom is 0.323 e. The first-order valence-corrected chi connectivity index (χ1v) is 5.86. The van der Waals surface area contributed by atoms with Crippen molar-refractivity contribution in [1.82, 2.24) is 15.3 Å². The van der Waals surface area contributed by atoms with E-state index < -0.39 is 0 Å². The topological polar surface area (TPSA) is 69.9 Å². The lowest BCUT2D eigenvalue weighted by Gasteiger charge is -2.07. The van der Waals surface area contributed by atoms with Gasteiger partial charge in [-0.2, -0.15) is 0 Å². The molecule has 2 rings (SSSR count). The van der Waals surface area contributed by atoms with Crippen molar-refractivity contribution >= 4 is 11.0 Å². The van der Waals surface area contributed by atoms with Gasteiger partial charge in [0.15, 0.2) is 0 Å². The number of para-hydroxylation sites is 1. The minimum atomic E-state index is -0.208. The molecule has 0 unspecified atom stereocenters. The fourth-order valence-corrected chi connectivity index (χ4v) is 1.69. The summed E-state index contributed by atoms with van der Waals surface area (Å²) in [6.45, 7) is 4.51. The number of H-pyrrole nitrogens is 2. The molecule has 5 heteroatoms. The van der Waals surface area contributed by atoms with Gasteiger partial charge in [-0.05, 0) is 25.1 Å². The molecular formula is C12H17N3O2. The summed E-state index contributed by atoms with van der Waals surface area (Å²) < 4.78 is 5.63. The number of hydrogen-bond donors (Lipinski definition) is 3. The number of ether oxygens (including phenoxy) is 1. The summed E-state index contributed by atoms with van der Waals surface area (Å²) in [4.78, 5) is 16.6. The summed E-state index contributed by atoms with van der Waals surface area (Å²) in [7, 11) is 0. The third-order valence-electron chi connectivity index (χ3n) is 2.48. The lowest BCUT2D eigenvalue weighted by atomic mass is 10.3. The van der Waals surface area contributed by atoms with Crippen LogP contribution in [-0.2, 0) is 0 Å². The Labute approximate surface area is 99.2 Å². The van der Waals surface area contributed by atoms with Gasteiger partial charge in [0, 0.05) is 6.54 Å². The molecule has 1 heterocycles. The first kappa shape index (κ1) is 11.7. The van der Waals surface area contributed by atoms with Gasteiger partial charge in [0.05, 0.1) is 5.52 Å². The van der Waals surface area contributed by atoms with Crippen molar-refractivity contribution in [2.75, 3.05) is 19.7 Å². The Morgan fingerprint density at radius 1 is 1.29 bits per heavy atom. The van der Waals surface area contributed by atoms with Gasteiger partial charge in [-0.3, -0.25) is 0 Å². The molecule has 0 bridgehead atoms. The molecule has 0 spiro atoms. The van der Waals surface area contributed by atoms with Crippen LogP contribution >= 0.6 is 0 Å². The monoisotopic (exact) mass is 235 g/mol. The van der Waals surface area contributed by atoms with E-state index in [4.69, 9.17) is 4.74 Å². The fraction of sp³-hybridized carbons (Fsp3) is 0.417. The highest BCUT2D eigenvalue weighted by molar-refractivity contribution is 5.80. The molecule has 0 aliphatic heterocycles. The number of hydrogen-bond acceptors (Lipinski definition) is 3. The molecule has 0 aliphatic carbocycles. The zero-order valence-electron chi connectivity index (χ0n) is 9.88. The maximum atomic E-state index is 11.2. The Bertz CT molecular complexity index is 530.